The topological polar surface area (TPSA) is 149 Å². The van der Waals surface area contributed by atoms with Crippen LogP contribution < -0.4 is 20.1 Å². The lowest BCUT2D eigenvalue weighted by atomic mass is 10.0. The number of nitrogens with zero attached hydrogens (tertiary/aromatic N) is 3. The molecule has 230 valence electrons. The van der Waals surface area contributed by atoms with Gasteiger partial charge in [-0.15, -0.1) is 0 Å². The molecular formula is C29H41N5O7S. The summed E-state index contributed by atoms with van der Waals surface area (Å²) in [5, 5.41) is 5.73. The van der Waals surface area contributed by atoms with Gasteiger partial charge in [0.2, 0.25) is 17.7 Å². The van der Waals surface area contributed by atoms with Crippen LogP contribution >= 0.6 is 0 Å². The van der Waals surface area contributed by atoms with Crippen molar-refractivity contribution in [2.75, 3.05) is 44.9 Å². The number of aromatic nitrogens is 2. The minimum absolute atomic E-state index is 0.0451. The van der Waals surface area contributed by atoms with Gasteiger partial charge in [0.1, 0.15) is 21.7 Å². The molecule has 1 aromatic carbocycles. The number of ether oxygens (including phenoxy) is 2. The lowest BCUT2D eigenvalue weighted by Crippen LogP contribution is -2.53. The van der Waals surface area contributed by atoms with E-state index in [1.54, 1.807) is 13.3 Å². The van der Waals surface area contributed by atoms with Gasteiger partial charge in [-0.1, -0.05) is 13.8 Å². The second-order valence-electron chi connectivity index (χ2n) is 11.1. The van der Waals surface area contributed by atoms with E-state index in [2.05, 4.69) is 15.6 Å². The minimum Gasteiger partial charge on any atom is -0.493 e. The number of rotatable bonds is 3. The summed E-state index contributed by atoms with van der Waals surface area (Å²) in [6.07, 6.45) is 5.13. The molecule has 3 amide bonds. The first kappa shape index (κ1) is 31.3. The molecule has 2 N–H and O–H groups in total. The van der Waals surface area contributed by atoms with Crippen LogP contribution in [0, 0.1) is 11.8 Å². The first-order valence-corrected chi connectivity index (χ1v) is 16.3. The molecule has 2 aliphatic rings. The smallest absolute Gasteiger partial charge is 0.242 e. The molecule has 0 saturated carbocycles. The van der Waals surface area contributed by atoms with E-state index >= 15 is 0 Å². The van der Waals surface area contributed by atoms with Crippen molar-refractivity contribution in [1.29, 1.82) is 0 Å². The second kappa shape index (κ2) is 14.0. The average molecular weight is 604 g/mol. The maximum Gasteiger partial charge on any atom is 0.242 e. The van der Waals surface area contributed by atoms with E-state index in [1.807, 2.05) is 42.8 Å². The molecule has 2 aliphatic heterocycles. The lowest BCUT2D eigenvalue weighted by Gasteiger charge is -2.30. The molecule has 1 fully saturated rings. The summed E-state index contributed by atoms with van der Waals surface area (Å²) < 4.78 is 37.4. The number of carbonyl (C=O) groups is 3. The van der Waals surface area contributed by atoms with Crippen LogP contribution in [0.3, 0.4) is 0 Å². The Hall–Kier alpha value is -3.61. The van der Waals surface area contributed by atoms with E-state index in [0.29, 0.717) is 37.4 Å². The molecule has 1 atom stereocenters. The zero-order valence-corrected chi connectivity index (χ0v) is 25.3. The molecule has 13 heteroatoms. The predicted octanol–water partition coefficient (Wildman–Crippen LogP) is 1.64. The van der Waals surface area contributed by atoms with Gasteiger partial charge in [0.25, 0.3) is 0 Å². The number of amides is 3. The van der Waals surface area contributed by atoms with Crippen LogP contribution in [0.15, 0.2) is 30.6 Å². The number of imidazole rings is 1. The van der Waals surface area contributed by atoms with E-state index in [-0.39, 0.29) is 61.8 Å². The van der Waals surface area contributed by atoms with E-state index in [9.17, 15) is 22.8 Å². The predicted molar refractivity (Wildman–Crippen MR) is 157 cm³/mol. The Labute approximate surface area is 247 Å². The fourth-order valence-corrected chi connectivity index (χ4v) is 6.77. The van der Waals surface area contributed by atoms with Gasteiger partial charge in [-0.2, -0.15) is 0 Å². The first-order valence-electron chi connectivity index (χ1n) is 14.5. The van der Waals surface area contributed by atoms with Crippen LogP contribution in [0.4, 0.5) is 0 Å². The number of carbonyl (C=O) groups excluding carboxylic acids is 3. The summed E-state index contributed by atoms with van der Waals surface area (Å²) in [6.45, 7) is 4.96. The normalized spacial score (nSPS) is 21.1. The Bertz CT molecular complexity index is 1360. The van der Waals surface area contributed by atoms with Crippen molar-refractivity contribution in [3.8, 4) is 22.9 Å². The molecule has 3 heterocycles. The highest BCUT2D eigenvalue weighted by Gasteiger charge is 2.33. The van der Waals surface area contributed by atoms with E-state index < -0.39 is 27.7 Å². The number of hydrogen-bond acceptors (Lipinski definition) is 8. The summed E-state index contributed by atoms with van der Waals surface area (Å²) in [7, 11) is -1.59. The van der Waals surface area contributed by atoms with Crippen molar-refractivity contribution >= 4 is 27.6 Å². The summed E-state index contributed by atoms with van der Waals surface area (Å²) in [5.41, 5.74) is 0.844. The Morgan fingerprint density at radius 3 is 2.62 bits per heavy atom. The molecule has 12 nitrogen and oxygen atoms in total. The summed E-state index contributed by atoms with van der Waals surface area (Å²) >= 11 is 0. The minimum atomic E-state index is -3.15. The van der Waals surface area contributed by atoms with Crippen molar-refractivity contribution in [2.45, 2.75) is 52.1 Å². The quantitative estimate of drug-likeness (QED) is 0.538. The van der Waals surface area contributed by atoms with Gasteiger partial charge in [-0.25, -0.2) is 13.4 Å². The highest BCUT2D eigenvalue weighted by atomic mass is 32.2. The molecule has 0 unspecified atom stereocenters. The van der Waals surface area contributed by atoms with Gasteiger partial charge in [0.05, 0.1) is 31.8 Å². The number of fused-ring (bicyclic) bond motifs is 4. The van der Waals surface area contributed by atoms with Crippen LogP contribution in [0.5, 0.6) is 11.5 Å². The molecule has 2 bridgehead atoms. The van der Waals surface area contributed by atoms with Crippen molar-refractivity contribution in [1.82, 2.24) is 25.1 Å². The lowest BCUT2D eigenvalue weighted by molar-refractivity contribution is -0.140. The Balaban J connectivity index is 1.57. The standard InChI is InChI=1S/C29H41N5O7S/c1-20(2)26-28(36)31-10-4-12-33-14-11-30-27(33)22-6-7-23(40-3)24(18-22)41-15-5-13-34(19-25(35)32-26)29(37)21-8-16-42(38,39)17-9-21/h6-7,11,14,18,20-21,26H,4-5,8-10,12-13,15-17,19H2,1-3H3,(H,31,36)(H,32,35)/t26-/m1/s1. The van der Waals surface area contributed by atoms with Crippen molar-refractivity contribution in [3.05, 3.63) is 30.6 Å². The zero-order valence-electron chi connectivity index (χ0n) is 24.5. The highest BCUT2D eigenvalue weighted by Crippen LogP contribution is 2.32. The van der Waals surface area contributed by atoms with E-state index in [1.165, 1.54) is 4.90 Å². The maximum atomic E-state index is 13.5. The third kappa shape index (κ3) is 8.02. The fraction of sp³-hybridized carbons (Fsp3) is 0.586. The molecule has 2 aromatic rings. The second-order valence-corrected chi connectivity index (χ2v) is 13.4. The summed E-state index contributed by atoms with van der Waals surface area (Å²) in [5.74, 6) is 0.103. The largest absolute Gasteiger partial charge is 0.493 e. The molecular weight excluding hydrogens is 562 g/mol. The van der Waals surface area contributed by atoms with Gasteiger partial charge in [-0.05, 0) is 49.8 Å². The summed E-state index contributed by atoms with van der Waals surface area (Å²) in [6, 6.07) is 4.82. The van der Waals surface area contributed by atoms with Crippen molar-refractivity contribution in [3.63, 3.8) is 0 Å². The van der Waals surface area contributed by atoms with Gasteiger partial charge in [0.15, 0.2) is 11.5 Å². The van der Waals surface area contributed by atoms with Crippen molar-refractivity contribution < 1.29 is 32.3 Å². The summed E-state index contributed by atoms with van der Waals surface area (Å²) in [4.78, 5) is 45.6. The van der Waals surface area contributed by atoms with Crippen LogP contribution in [-0.2, 0) is 30.8 Å². The maximum absolute atomic E-state index is 13.5. The molecule has 0 spiro atoms. The zero-order chi connectivity index (χ0) is 30.3. The van der Waals surface area contributed by atoms with Crippen LogP contribution in [0.2, 0.25) is 0 Å². The van der Waals surface area contributed by atoms with Crippen LogP contribution in [0.1, 0.15) is 39.5 Å². The molecule has 0 aliphatic carbocycles. The number of sulfone groups is 1. The third-order valence-corrected chi connectivity index (χ3v) is 9.37. The third-order valence-electron chi connectivity index (χ3n) is 7.66. The van der Waals surface area contributed by atoms with E-state index in [4.69, 9.17) is 9.47 Å². The van der Waals surface area contributed by atoms with Crippen LogP contribution in [-0.4, -0.2) is 91.5 Å². The highest BCUT2D eigenvalue weighted by molar-refractivity contribution is 7.91. The van der Waals surface area contributed by atoms with E-state index in [0.717, 1.165) is 11.4 Å². The molecule has 0 radical (unpaired) electrons. The molecule has 1 saturated heterocycles. The molecule has 42 heavy (non-hydrogen) atoms. The average Bonchev–Trinajstić information content (AvgIpc) is 3.43. The Morgan fingerprint density at radius 2 is 1.90 bits per heavy atom. The molecule has 1 aromatic heterocycles. The number of aryl methyl sites for hydroxylation is 1. The first-order chi connectivity index (χ1) is 20.1. The van der Waals surface area contributed by atoms with Crippen molar-refractivity contribution in [2.24, 2.45) is 11.8 Å². The molecule has 4 rings (SSSR count). The number of hydrogen-bond donors (Lipinski definition) is 2. The Kier molecular flexibility index (Phi) is 10.5. The Morgan fingerprint density at radius 1 is 1.14 bits per heavy atom. The monoisotopic (exact) mass is 603 g/mol. The van der Waals surface area contributed by atoms with Crippen LogP contribution in [0.25, 0.3) is 11.4 Å². The SMILES string of the molecule is COc1ccc2cc1OCCCN(C(=O)C1CCS(=O)(=O)CC1)CC(=O)N[C@H](C(C)C)C(=O)NCCCn1ccnc1-2. The fourth-order valence-electron chi connectivity index (χ4n) is 5.28. The number of nitrogens with one attached hydrogen (secondary N) is 2. The number of methoxy groups -OCH3 is 1. The van der Waals surface area contributed by atoms with Gasteiger partial charge >= 0.3 is 0 Å². The number of benzene rings is 1. The van der Waals surface area contributed by atoms with Gasteiger partial charge in [0, 0.05) is 43.5 Å². The van der Waals surface area contributed by atoms with Gasteiger partial charge < -0.3 is 29.6 Å². The van der Waals surface area contributed by atoms with Gasteiger partial charge in [-0.3, -0.25) is 14.4 Å².